The van der Waals surface area contributed by atoms with Gasteiger partial charge in [0, 0.05) is 25.2 Å². The molecule has 2 rings (SSSR count). The summed E-state index contributed by atoms with van der Waals surface area (Å²) in [5, 5.41) is 9.59. The summed E-state index contributed by atoms with van der Waals surface area (Å²) in [6.45, 7) is 0. The number of aliphatic carboxylic acids is 1. The number of carbonyl (C=O) groups excluding carboxylic acids is 1. The average Bonchev–Trinajstić information content (AvgIpc) is 2.60. The van der Waals surface area contributed by atoms with Crippen molar-refractivity contribution in [2.45, 2.75) is 6.42 Å². The normalized spacial score (nSPS) is 10.6. The Morgan fingerprint density at radius 1 is 1.31 bits per heavy atom. The molecule has 4 nitrogen and oxygen atoms in total. The van der Waals surface area contributed by atoms with Crippen LogP contribution in [0.25, 0.3) is 10.9 Å². The summed E-state index contributed by atoms with van der Waals surface area (Å²) < 4.78 is 1.93. The molecule has 0 fully saturated rings. The van der Waals surface area contributed by atoms with Gasteiger partial charge < -0.3 is 9.67 Å². The first-order valence-corrected chi connectivity index (χ1v) is 4.88. The van der Waals surface area contributed by atoms with E-state index in [0.29, 0.717) is 0 Å². The second-order valence-electron chi connectivity index (χ2n) is 3.72. The zero-order chi connectivity index (χ0) is 11.7. The number of hydrogen-bond donors (Lipinski definition) is 1. The molecule has 4 heteroatoms. The fourth-order valence-corrected chi connectivity index (χ4v) is 1.68. The summed E-state index contributed by atoms with van der Waals surface area (Å²) in [4.78, 5) is 21.5. The molecule has 2 aromatic rings. The Hall–Kier alpha value is -2.10. The molecule has 0 aliphatic rings. The number of rotatable bonds is 3. The predicted octanol–water partition coefficient (Wildman–Crippen LogP) is 1.37. The van der Waals surface area contributed by atoms with Gasteiger partial charge in [0.25, 0.3) is 0 Å². The molecule has 0 atom stereocenters. The van der Waals surface area contributed by atoms with Crippen LogP contribution in [0, 0.1) is 0 Å². The molecular weight excluding hydrogens is 206 g/mol. The molecule has 1 N–H and O–H groups in total. The third kappa shape index (κ3) is 1.82. The number of ketones is 1. The van der Waals surface area contributed by atoms with Gasteiger partial charge in [0.15, 0.2) is 0 Å². The minimum Gasteiger partial charge on any atom is -0.475 e. The zero-order valence-corrected chi connectivity index (χ0v) is 8.80. The van der Waals surface area contributed by atoms with E-state index in [2.05, 4.69) is 0 Å². The molecule has 0 spiro atoms. The molecule has 0 aliphatic carbocycles. The minimum atomic E-state index is -1.38. The summed E-state index contributed by atoms with van der Waals surface area (Å²) in [6, 6.07) is 7.48. The number of carbonyl (C=O) groups is 2. The summed E-state index contributed by atoms with van der Waals surface area (Å²) in [7, 11) is 1.91. The maximum atomic E-state index is 11.1. The number of benzene rings is 1. The van der Waals surface area contributed by atoms with Gasteiger partial charge in [-0.15, -0.1) is 0 Å². The van der Waals surface area contributed by atoms with Crippen molar-refractivity contribution >= 4 is 22.7 Å². The van der Waals surface area contributed by atoms with Crippen molar-refractivity contribution in [3.8, 4) is 0 Å². The van der Waals surface area contributed by atoms with E-state index in [1.807, 2.05) is 36.0 Å². The van der Waals surface area contributed by atoms with Gasteiger partial charge in [-0.3, -0.25) is 4.79 Å². The molecule has 0 aliphatic heterocycles. The fourth-order valence-electron chi connectivity index (χ4n) is 1.68. The van der Waals surface area contributed by atoms with Crippen molar-refractivity contribution in [2.75, 3.05) is 0 Å². The van der Waals surface area contributed by atoms with Gasteiger partial charge in [0.1, 0.15) is 0 Å². The van der Waals surface area contributed by atoms with E-state index in [1.165, 1.54) is 0 Å². The number of aryl methyl sites for hydroxylation is 1. The Bertz CT molecular complexity index is 569. The monoisotopic (exact) mass is 217 g/mol. The van der Waals surface area contributed by atoms with Gasteiger partial charge in [-0.05, 0) is 23.1 Å². The minimum absolute atomic E-state index is 0.0591. The SMILES string of the molecule is Cn1ccc2ccc(CC(=O)C(=O)O)cc21. The lowest BCUT2D eigenvalue weighted by Crippen LogP contribution is -2.14. The van der Waals surface area contributed by atoms with Crippen LogP contribution in [0.4, 0.5) is 0 Å². The molecule has 0 radical (unpaired) electrons. The highest BCUT2D eigenvalue weighted by Crippen LogP contribution is 2.17. The summed E-state index contributed by atoms with van der Waals surface area (Å²) >= 11 is 0. The highest BCUT2D eigenvalue weighted by molar-refractivity contribution is 6.33. The highest BCUT2D eigenvalue weighted by Gasteiger charge is 2.12. The van der Waals surface area contributed by atoms with Gasteiger partial charge in [-0.25, -0.2) is 4.79 Å². The third-order valence-corrected chi connectivity index (χ3v) is 2.56. The highest BCUT2D eigenvalue weighted by atomic mass is 16.4. The van der Waals surface area contributed by atoms with Crippen molar-refractivity contribution in [3.05, 3.63) is 36.0 Å². The quantitative estimate of drug-likeness (QED) is 0.790. The predicted molar refractivity (Wildman–Crippen MR) is 59.3 cm³/mol. The number of hydrogen-bond acceptors (Lipinski definition) is 2. The van der Waals surface area contributed by atoms with Crippen molar-refractivity contribution in [1.82, 2.24) is 4.57 Å². The molecule has 0 amide bonds. The van der Waals surface area contributed by atoms with Gasteiger partial charge in [0.05, 0.1) is 0 Å². The largest absolute Gasteiger partial charge is 0.475 e. The molecule has 1 aromatic carbocycles. The second-order valence-corrected chi connectivity index (χ2v) is 3.72. The number of Topliss-reactive ketones (excluding diaryl/α,β-unsaturated/α-hetero) is 1. The number of fused-ring (bicyclic) bond motifs is 1. The van der Waals surface area contributed by atoms with Gasteiger partial charge in [-0.1, -0.05) is 12.1 Å². The zero-order valence-electron chi connectivity index (χ0n) is 8.80. The first-order chi connectivity index (χ1) is 7.58. The van der Waals surface area contributed by atoms with Crippen LogP contribution in [0.1, 0.15) is 5.56 Å². The summed E-state index contributed by atoms with van der Waals surface area (Å²) in [6.07, 6.45) is 1.86. The Labute approximate surface area is 92.1 Å². The molecule has 0 unspecified atom stereocenters. The molecule has 1 aromatic heterocycles. The Kier molecular flexibility index (Phi) is 2.48. The number of carboxylic acid groups (broad SMARTS) is 1. The Morgan fingerprint density at radius 2 is 2.06 bits per heavy atom. The van der Waals surface area contributed by atoms with E-state index in [0.717, 1.165) is 16.5 Å². The maximum Gasteiger partial charge on any atom is 0.372 e. The molecule has 1 heterocycles. The van der Waals surface area contributed by atoms with Crippen LogP contribution in [0.3, 0.4) is 0 Å². The van der Waals surface area contributed by atoms with E-state index >= 15 is 0 Å². The van der Waals surface area contributed by atoms with Crippen molar-refractivity contribution in [2.24, 2.45) is 7.05 Å². The first kappa shape index (κ1) is 10.4. The van der Waals surface area contributed by atoms with Crippen LogP contribution in [0.2, 0.25) is 0 Å². The summed E-state index contributed by atoms with van der Waals surface area (Å²) in [5.74, 6) is -2.17. The lowest BCUT2D eigenvalue weighted by molar-refractivity contribution is -0.148. The molecule has 16 heavy (non-hydrogen) atoms. The van der Waals surface area contributed by atoms with Gasteiger partial charge in [-0.2, -0.15) is 0 Å². The lowest BCUT2D eigenvalue weighted by atomic mass is 10.1. The van der Waals surface area contributed by atoms with Gasteiger partial charge in [0.2, 0.25) is 5.78 Å². The first-order valence-electron chi connectivity index (χ1n) is 4.88. The van der Waals surface area contributed by atoms with Crippen LogP contribution in [0.15, 0.2) is 30.5 Å². The van der Waals surface area contributed by atoms with Crippen molar-refractivity contribution in [3.63, 3.8) is 0 Å². The van der Waals surface area contributed by atoms with E-state index < -0.39 is 11.8 Å². The number of carboxylic acids is 1. The van der Waals surface area contributed by atoms with E-state index in [4.69, 9.17) is 5.11 Å². The molecule has 0 saturated carbocycles. The van der Waals surface area contributed by atoms with Crippen LogP contribution in [0.5, 0.6) is 0 Å². The van der Waals surface area contributed by atoms with Crippen LogP contribution in [-0.2, 0) is 23.1 Å². The number of aromatic nitrogens is 1. The molecule has 0 saturated heterocycles. The fraction of sp³-hybridized carbons (Fsp3) is 0.167. The lowest BCUT2D eigenvalue weighted by Gasteiger charge is -2.00. The van der Waals surface area contributed by atoms with Crippen molar-refractivity contribution in [1.29, 1.82) is 0 Å². The van der Waals surface area contributed by atoms with E-state index in [-0.39, 0.29) is 6.42 Å². The van der Waals surface area contributed by atoms with Gasteiger partial charge >= 0.3 is 5.97 Å². The van der Waals surface area contributed by atoms with E-state index in [1.54, 1.807) is 6.07 Å². The van der Waals surface area contributed by atoms with Crippen LogP contribution >= 0.6 is 0 Å². The average molecular weight is 217 g/mol. The molecular formula is C12H11NO3. The summed E-state index contributed by atoms with van der Waals surface area (Å²) in [5.41, 5.74) is 1.72. The van der Waals surface area contributed by atoms with E-state index in [9.17, 15) is 9.59 Å². The Morgan fingerprint density at radius 3 is 2.75 bits per heavy atom. The second kappa shape index (κ2) is 3.81. The molecule has 0 bridgehead atoms. The molecule has 82 valence electrons. The smallest absolute Gasteiger partial charge is 0.372 e. The maximum absolute atomic E-state index is 11.1. The third-order valence-electron chi connectivity index (χ3n) is 2.56. The Balaban J connectivity index is 2.35. The van der Waals surface area contributed by atoms with Crippen LogP contribution < -0.4 is 0 Å². The topological polar surface area (TPSA) is 59.3 Å². The standard InChI is InChI=1S/C12H11NO3/c1-13-5-4-9-3-2-8(6-10(9)13)7-11(14)12(15)16/h2-6H,7H2,1H3,(H,15,16). The number of nitrogens with zero attached hydrogens (tertiary/aromatic N) is 1. The van der Waals surface area contributed by atoms with Crippen LogP contribution in [-0.4, -0.2) is 21.4 Å². The van der Waals surface area contributed by atoms with Crippen molar-refractivity contribution < 1.29 is 14.7 Å².